The Bertz CT molecular complexity index is 362. The molecule has 0 heterocycles. The second-order valence-corrected chi connectivity index (χ2v) is 5.66. The molecule has 0 amide bonds. The summed E-state index contributed by atoms with van der Waals surface area (Å²) in [5.74, 6) is 0.741. The summed E-state index contributed by atoms with van der Waals surface area (Å²) in [6.45, 7) is 12.2. The van der Waals surface area contributed by atoms with Gasteiger partial charge >= 0.3 is 0 Å². The number of aryl methyl sites for hydroxylation is 3. The van der Waals surface area contributed by atoms with Gasteiger partial charge in [0.2, 0.25) is 0 Å². The fourth-order valence-electron chi connectivity index (χ4n) is 2.77. The average Bonchev–Trinajstić information content (AvgIpc) is 2.35. The Morgan fingerprint density at radius 1 is 1.05 bits per heavy atom. The third-order valence-corrected chi connectivity index (χ3v) is 3.90. The van der Waals surface area contributed by atoms with E-state index in [9.17, 15) is 0 Å². The third-order valence-electron chi connectivity index (χ3n) is 3.90. The Kier molecular flexibility index (Phi) is 7.11. The van der Waals surface area contributed by atoms with E-state index >= 15 is 0 Å². The van der Waals surface area contributed by atoms with Crippen LogP contribution in [0, 0.1) is 26.7 Å². The minimum Gasteiger partial charge on any atom is -0.319 e. The molecule has 19 heavy (non-hydrogen) atoms. The van der Waals surface area contributed by atoms with Gasteiger partial charge in [0, 0.05) is 0 Å². The fourth-order valence-corrected chi connectivity index (χ4v) is 2.77. The lowest BCUT2D eigenvalue weighted by Gasteiger charge is -2.16. The van der Waals surface area contributed by atoms with Crippen LogP contribution < -0.4 is 10.6 Å². The predicted octanol–water partition coefficient (Wildman–Crippen LogP) is 2.99. The number of rotatable bonds is 8. The summed E-state index contributed by atoms with van der Waals surface area (Å²) in [7, 11) is 2.03. The van der Waals surface area contributed by atoms with Crippen LogP contribution in [0.15, 0.2) is 12.1 Å². The zero-order chi connectivity index (χ0) is 14.3. The highest BCUT2D eigenvalue weighted by atomic mass is 14.9. The maximum Gasteiger partial charge on any atom is -0.000803 e. The minimum absolute atomic E-state index is 0.741. The number of hydrogen-bond donors (Lipinski definition) is 2. The number of nitrogens with one attached hydrogen (secondary N) is 2. The molecule has 2 nitrogen and oxygen atoms in total. The van der Waals surface area contributed by atoms with Gasteiger partial charge in [-0.05, 0) is 76.5 Å². The number of hydrogen-bond acceptors (Lipinski definition) is 2. The van der Waals surface area contributed by atoms with Gasteiger partial charge in [-0.2, -0.15) is 0 Å². The molecule has 0 spiro atoms. The normalized spacial score (nSPS) is 12.7. The van der Waals surface area contributed by atoms with E-state index in [1.165, 1.54) is 28.7 Å². The monoisotopic (exact) mass is 262 g/mol. The van der Waals surface area contributed by atoms with Crippen LogP contribution in [0.2, 0.25) is 0 Å². The number of benzene rings is 1. The zero-order valence-corrected chi connectivity index (χ0v) is 13.3. The summed E-state index contributed by atoms with van der Waals surface area (Å²) >= 11 is 0. The first-order valence-corrected chi connectivity index (χ1v) is 7.50. The van der Waals surface area contributed by atoms with E-state index in [-0.39, 0.29) is 0 Å². The van der Waals surface area contributed by atoms with Crippen LogP contribution in [0.5, 0.6) is 0 Å². The molecule has 1 atom stereocenters. The van der Waals surface area contributed by atoms with Crippen molar-refractivity contribution in [2.45, 2.75) is 40.5 Å². The van der Waals surface area contributed by atoms with E-state index in [0.29, 0.717) is 0 Å². The third kappa shape index (κ3) is 5.33. The van der Waals surface area contributed by atoms with Gasteiger partial charge in [-0.15, -0.1) is 0 Å². The quantitative estimate of drug-likeness (QED) is 0.704. The molecule has 0 fully saturated rings. The molecular weight excluding hydrogens is 232 g/mol. The summed E-state index contributed by atoms with van der Waals surface area (Å²) < 4.78 is 0. The molecule has 0 aromatic heterocycles. The zero-order valence-electron chi connectivity index (χ0n) is 13.3. The SMILES string of the molecule is CCC(CNC)CNCCc1c(C)cc(C)cc1C. The van der Waals surface area contributed by atoms with Gasteiger partial charge in [0.05, 0.1) is 0 Å². The van der Waals surface area contributed by atoms with Crippen molar-refractivity contribution in [2.24, 2.45) is 5.92 Å². The highest BCUT2D eigenvalue weighted by Gasteiger charge is 2.06. The molecule has 0 aliphatic carbocycles. The Balaban J connectivity index is 2.41. The molecule has 1 rings (SSSR count). The Hall–Kier alpha value is -0.860. The van der Waals surface area contributed by atoms with Crippen molar-refractivity contribution in [1.82, 2.24) is 10.6 Å². The molecule has 1 unspecified atom stereocenters. The summed E-state index contributed by atoms with van der Waals surface area (Å²) in [5.41, 5.74) is 5.75. The van der Waals surface area contributed by atoms with Crippen LogP contribution in [-0.2, 0) is 6.42 Å². The van der Waals surface area contributed by atoms with Crippen LogP contribution in [0.1, 0.15) is 35.6 Å². The topological polar surface area (TPSA) is 24.1 Å². The molecule has 0 aliphatic heterocycles. The molecule has 2 heteroatoms. The Morgan fingerprint density at radius 2 is 1.68 bits per heavy atom. The molecule has 0 saturated heterocycles. The summed E-state index contributed by atoms with van der Waals surface area (Å²) in [6.07, 6.45) is 2.37. The van der Waals surface area contributed by atoms with Gasteiger partial charge in [0.1, 0.15) is 0 Å². The van der Waals surface area contributed by atoms with Crippen molar-refractivity contribution < 1.29 is 0 Å². The largest absolute Gasteiger partial charge is 0.319 e. The van der Waals surface area contributed by atoms with Gasteiger partial charge in [-0.1, -0.05) is 31.0 Å². The predicted molar refractivity (Wildman–Crippen MR) is 84.9 cm³/mol. The lowest BCUT2D eigenvalue weighted by Crippen LogP contribution is -2.30. The van der Waals surface area contributed by atoms with Crippen molar-refractivity contribution in [3.8, 4) is 0 Å². The van der Waals surface area contributed by atoms with Gasteiger partial charge in [0.15, 0.2) is 0 Å². The molecule has 0 aliphatic rings. The molecule has 0 bridgehead atoms. The minimum atomic E-state index is 0.741. The lowest BCUT2D eigenvalue weighted by atomic mass is 9.97. The van der Waals surface area contributed by atoms with E-state index in [0.717, 1.165) is 32.0 Å². The van der Waals surface area contributed by atoms with Crippen molar-refractivity contribution in [3.05, 3.63) is 34.4 Å². The molecule has 1 aromatic carbocycles. The van der Waals surface area contributed by atoms with Crippen LogP contribution in [0.25, 0.3) is 0 Å². The molecule has 0 saturated carbocycles. The van der Waals surface area contributed by atoms with Gasteiger partial charge in [-0.25, -0.2) is 0 Å². The summed E-state index contributed by atoms with van der Waals surface area (Å²) in [6, 6.07) is 4.58. The van der Waals surface area contributed by atoms with Crippen LogP contribution in [-0.4, -0.2) is 26.7 Å². The first-order chi connectivity index (χ1) is 9.08. The second kappa shape index (κ2) is 8.34. The molecular formula is C17H30N2. The van der Waals surface area contributed by atoms with Crippen LogP contribution >= 0.6 is 0 Å². The fraction of sp³-hybridized carbons (Fsp3) is 0.647. The van der Waals surface area contributed by atoms with Crippen molar-refractivity contribution in [1.29, 1.82) is 0 Å². The van der Waals surface area contributed by atoms with Crippen LogP contribution in [0.3, 0.4) is 0 Å². The smallest absolute Gasteiger partial charge is 0.000803 e. The maximum atomic E-state index is 3.60. The first kappa shape index (κ1) is 16.2. The molecule has 2 N–H and O–H groups in total. The Morgan fingerprint density at radius 3 is 2.21 bits per heavy atom. The van der Waals surface area contributed by atoms with Crippen molar-refractivity contribution in [3.63, 3.8) is 0 Å². The molecule has 108 valence electrons. The lowest BCUT2D eigenvalue weighted by molar-refractivity contribution is 0.447. The summed E-state index contributed by atoms with van der Waals surface area (Å²) in [5, 5.41) is 6.86. The van der Waals surface area contributed by atoms with E-state index in [2.05, 4.69) is 50.5 Å². The second-order valence-electron chi connectivity index (χ2n) is 5.66. The first-order valence-electron chi connectivity index (χ1n) is 7.50. The molecule has 0 radical (unpaired) electrons. The summed E-state index contributed by atoms with van der Waals surface area (Å²) in [4.78, 5) is 0. The van der Waals surface area contributed by atoms with E-state index in [1.54, 1.807) is 0 Å². The maximum absolute atomic E-state index is 3.60. The van der Waals surface area contributed by atoms with Gasteiger partial charge in [0.25, 0.3) is 0 Å². The van der Waals surface area contributed by atoms with Gasteiger partial charge in [-0.3, -0.25) is 0 Å². The highest BCUT2D eigenvalue weighted by Crippen LogP contribution is 2.16. The van der Waals surface area contributed by atoms with Crippen molar-refractivity contribution in [2.75, 3.05) is 26.7 Å². The van der Waals surface area contributed by atoms with E-state index in [1.807, 2.05) is 7.05 Å². The van der Waals surface area contributed by atoms with Crippen molar-refractivity contribution >= 4 is 0 Å². The van der Waals surface area contributed by atoms with Crippen LogP contribution in [0.4, 0.5) is 0 Å². The molecule has 1 aromatic rings. The van der Waals surface area contributed by atoms with Gasteiger partial charge < -0.3 is 10.6 Å². The van der Waals surface area contributed by atoms with E-state index in [4.69, 9.17) is 0 Å². The standard InChI is InChI=1S/C17H30N2/c1-6-16(11-18-5)12-19-8-7-17-14(3)9-13(2)10-15(17)4/h9-10,16,18-19H,6-8,11-12H2,1-5H3. The van der Waals surface area contributed by atoms with E-state index < -0.39 is 0 Å². The highest BCUT2D eigenvalue weighted by molar-refractivity contribution is 5.37. The Labute approximate surface area is 119 Å². The average molecular weight is 262 g/mol.